The van der Waals surface area contributed by atoms with Crippen molar-refractivity contribution in [2.75, 3.05) is 43.4 Å². The van der Waals surface area contributed by atoms with E-state index >= 15 is 4.39 Å². The van der Waals surface area contributed by atoms with Gasteiger partial charge in [0.2, 0.25) is 0 Å². The Labute approximate surface area is 296 Å². The summed E-state index contributed by atoms with van der Waals surface area (Å²) in [6.45, 7) is 8.08. The molecule has 4 atom stereocenters. The number of carbonyl (C=O) groups is 1. The van der Waals surface area contributed by atoms with Crippen LogP contribution >= 0.6 is 11.6 Å². The molecule has 0 spiro atoms. The van der Waals surface area contributed by atoms with E-state index in [0.717, 1.165) is 62.6 Å². The molecule has 4 aliphatic heterocycles. The minimum absolute atomic E-state index is 0.0540. The fourth-order valence-electron chi connectivity index (χ4n) is 9.04. The number of nitrogens with zero attached hydrogens (tertiary/aromatic N) is 5. The van der Waals surface area contributed by atoms with Crippen molar-refractivity contribution in [1.82, 2.24) is 19.8 Å². The second-order valence-corrected chi connectivity index (χ2v) is 16.1. The number of hydrogen-bond donors (Lipinski definition) is 1. The third-order valence-corrected chi connectivity index (χ3v) is 11.4. The van der Waals surface area contributed by atoms with Crippen LogP contribution in [0.4, 0.5) is 25.1 Å². The van der Waals surface area contributed by atoms with Gasteiger partial charge in [0.05, 0.1) is 22.6 Å². The van der Waals surface area contributed by atoms with Gasteiger partial charge in [-0.1, -0.05) is 23.7 Å². The van der Waals surface area contributed by atoms with Crippen LogP contribution < -0.4 is 15.4 Å². The predicted molar refractivity (Wildman–Crippen MR) is 192 cm³/mol. The number of aromatic nitrogens is 2. The first-order valence-corrected chi connectivity index (χ1v) is 18.3. The maximum absolute atomic E-state index is 17.1. The van der Waals surface area contributed by atoms with Gasteiger partial charge >= 0.3 is 12.1 Å². The highest BCUT2D eigenvalue weighted by atomic mass is 35.5. The van der Waals surface area contributed by atoms with Gasteiger partial charge in [0, 0.05) is 48.3 Å². The largest absolute Gasteiger partial charge is 0.461 e. The summed E-state index contributed by atoms with van der Waals surface area (Å²) in [6.07, 6.45) is 7.63. The van der Waals surface area contributed by atoms with Gasteiger partial charge in [-0.25, -0.2) is 13.6 Å². The molecule has 0 unspecified atom stereocenters. The Balaban J connectivity index is 1.20. The number of carbonyl (C=O) groups excluding carboxylic acids is 1. The molecule has 12 heteroatoms. The highest BCUT2D eigenvalue weighted by molar-refractivity contribution is 6.33. The molecule has 0 saturated carbocycles. The molecule has 0 radical (unpaired) electrons. The maximum atomic E-state index is 17.1. The molecule has 50 heavy (non-hydrogen) atoms. The average Bonchev–Trinajstić information content (AvgIpc) is 3.82. The van der Waals surface area contributed by atoms with Crippen LogP contribution in [-0.4, -0.2) is 88.0 Å². The minimum Gasteiger partial charge on any atom is -0.461 e. The smallest absolute Gasteiger partial charge is 0.410 e. The standard InChI is InChI=1S/C38H45ClF2N6O3/c1-37(2,3)50-36(48)47-25-9-10-26(47)20-45(19-25)34-28-12-11-27(29-15-24(42)16-30(39)31(29)22-7-4-5-8-22)32(41)33(28)43-35(44-34)49-21-38-13-6-14-46(38)18-23(40)17-38/h7,11-12,15-16,23,25-26H,4-6,8-10,13-14,17-21,42H2,1-3H3/t23-,25-,26+,38+/m1/s1. The molecule has 4 fully saturated rings. The Kier molecular flexibility index (Phi) is 8.37. The van der Waals surface area contributed by atoms with Crippen LogP contribution in [0.2, 0.25) is 5.02 Å². The Hall–Kier alpha value is -3.70. The van der Waals surface area contributed by atoms with Gasteiger partial charge in [0.1, 0.15) is 29.7 Å². The summed E-state index contributed by atoms with van der Waals surface area (Å²) in [5, 5.41) is 1.03. The Morgan fingerprint density at radius 1 is 1.10 bits per heavy atom. The van der Waals surface area contributed by atoms with E-state index in [2.05, 4.69) is 15.9 Å². The zero-order valence-electron chi connectivity index (χ0n) is 29.0. The van der Waals surface area contributed by atoms with Crippen molar-refractivity contribution in [3.05, 3.63) is 46.7 Å². The SMILES string of the molecule is CC(C)(C)OC(=O)N1[C@@H]2CC[C@H]1CN(c1nc(OC[C@@]34CCCN3C[C@H](F)C4)nc3c(F)c(-c4cc(N)cc(Cl)c4C4=CCCC4)ccc13)C2. The van der Waals surface area contributed by atoms with E-state index in [1.165, 1.54) is 0 Å². The average molecular weight is 707 g/mol. The molecular weight excluding hydrogens is 662 g/mol. The van der Waals surface area contributed by atoms with Crippen LogP contribution in [0.5, 0.6) is 6.01 Å². The van der Waals surface area contributed by atoms with Gasteiger partial charge in [-0.05, 0) is 102 Å². The lowest BCUT2D eigenvalue weighted by Gasteiger charge is -2.42. The first-order chi connectivity index (χ1) is 23.9. The number of allylic oxidation sites excluding steroid dienone is 2. The van der Waals surface area contributed by atoms with Crippen LogP contribution in [0, 0.1) is 5.82 Å². The van der Waals surface area contributed by atoms with Crippen LogP contribution in [-0.2, 0) is 4.74 Å². The van der Waals surface area contributed by atoms with E-state index < -0.39 is 23.1 Å². The van der Waals surface area contributed by atoms with Crippen molar-refractivity contribution in [3.8, 4) is 17.1 Å². The second-order valence-electron chi connectivity index (χ2n) is 15.7. The molecule has 1 aliphatic carbocycles. The lowest BCUT2D eigenvalue weighted by Crippen LogP contribution is -2.57. The number of piperazine rings is 1. The summed E-state index contributed by atoms with van der Waals surface area (Å²) in [6, 6.07) is 7.01. The van der Waals surface area contributed by atoms with Crippen LogP contribution in [0.1, 0.15) is 77.7 Å². The van der Waals surface area contributed by atoms with Crippen molar-refractivity contribution in [3.63, 3.8) is 0 Å². The molecule has 266 valence electrons. The fourth-order valence-corrected chi connectivity index (χ4v) is 9.39. The van der Waals surface area contributed by atoms with Gasteiger partial charge in [0.25, 0.3) is 0 Å². The molecule has 3 aromatic rings. The quantitative estimate of drug-likeness (QED) is 0.260. The normalized spacial score (nSPS) is 26.5. The van der Waals surface area contributed by atoms with E-state index in [4.69, 9.17) is 36.8 Å². The maximum Gasteiger partial charge on any atom is 0.410 e. The molecule has 5 heterocycles. The summed E-state index contributed by atoms with van der Waals surface area (Å²) >= 11 is 6.78. The molecule has 5 aliphatic rings. The zero-order chi connectivity index (χ0) is 34.9. The van der Waals surface area contributed by atoms with Crippen molar-refractivity contribution >= 4 is 45.7 Å². The highest BCUT2D eigenvalue weighted by Crippen LogP contribution is 2.45. The first-order valence-electron chi connectivity index (χ1n) is 18.0. The molecule has 9 nitrogen and oxygen atoms in total. The predicted octanol–water partition coefficient (Wildman–Crippen LogP) is 7.78. The minimum atomic E-state index is -0.905. The summed E-state index contributed by atoms with van der Waals surface area (Å²) in [7, 11) is 0. The lowest BCUT2D eigenvalue weighted by molar-refractivity contribution is 0.0122. The number of amides is 1. The van der Waals surface area contributed by atoms with Crippen LogP contribution in [0.25, 0.3) is 27.6 Å². The molecule has 1 aromatic heterocycles. The third-order valence-electron chi connectivity index (χ3n) is 11.1. The number of halogens is 3. The number of nitrogens with two attached hydrogens (primary N) is 1. The van der Waals surface area contributed by atoms with E-state index in [1.807, 2.05) is 31.7 Å². The molecule has 2 bridgehead atoms. The Morgan fingerprint density at radius 2 is 1.88 bits per heavy atom. The van der Waals surface area contributed by atoms with Gasteiger partial charge < -0.3 is 20.1 Å². The summed E-state index contributed by atoms with van der Waals surface area (Å²) in [5.74, 6) is 0.0364. The number of rotatable bonds is 6. The van der Waals surface area contributed by atoms with E-state index in [9.17, 15) is 9.18 Å². The lowest BCUT2D eigenvalue weighted by atomic mass is 9.92. The van der Waals surface area contributed by atoms with Crippen LogP contribution in [0.3, 0.4) is 0 Å². The van der Waals surface area contributed by atoms with Crippen molar-refractivity contribution in [1.29, 1.82) is 0 Å². The Morgan fingerprint density at radius 3 is 2.60 bits per heavy atom. The number of alkyl halides is 1. The van der Waals surface area contributed by atoms with Gasteiger partial charge in [-0.3, -0.25) is 9.80 Å². The van der Waals surface area contributed by atoms with E-state index in [-0.39, 0.29) is 36.3 Å². The van der Waals surface area contributed by atoms with Gasteiger partial charge in [0.15, 0.2) is 5.82 Å². The molecular formula is C38H45ClF2N6O3. The number of benzene rings is 2. The zero-order valence-corrected chi connectivity index (χ0v) is 29.7. The number of nitrogen functional groups attached to an aromatic ring is 1. The van der Waals surface area contributed by atoms with Crippen LogP contribution in [0.15, 0.2) is 30.3 Å². The number of ether oxygens (including phenoxy) is 2. The molecule has 4 saturated heterocycles. The van der Waals surface area contributed by atoms with Crippen molar-refractivity contribution in [2.45, 2.75) is 102 Å². The number of anilines is 2. The summed E-state index contributed by atoms with van der Waals surface area (Å²) in [4.78, 5) is 29.0. The summed E-state index contributed by atoms with van der Waals surface area (Å²) in [5.41, 5.74) is 8.67. The van der Waals surface area contributed by atoms with Gasteiger partial charge in [-0.2, -0.15) is 9.97 Å². The van der Waals surface area contributed by atoms with E-state index in [1.54, 1.807) is 18.2 Å². The first kappa shape index (κ1) is 33.4. The van der Waals surface area contributed by atoms with Gasteiger partial charge in [-0.15, -0.1) is 0 Å². The van der Waals surface area contributed by atoms with E-state index in [0.29, 0.717) is 59.1 Å². The van der Waals surface area contributed by atoms with Crippen molar-refractivity contribution in [2.24, 2.45) is 0 Å². The fraction of sp³-hybridized carbons (Fsp3) is 0.553. The molecule has 1 amide bonds. The second kappa shape index (κ2) is 12.5. The molecule has 2 N–H and O–H groups in total. The summed E-state index contributed by atoms with van der Waals surface area (Å²) < 4.78 is 43.8. The monoisotopic (exact) mass is 706 g/mol. The number of fused-ring (bicyclic) bond motifs is 4. The number of hydrogen-bond acceptors (Lipinski definition) is 8. The van der Waals surface area contributed by atoms with Crippen molar-refractivity contribution < 1.29 is 23.0 Å². The molecule has 8 rings (SSSR count). The highest BCUT2D eigenvalue weighted by Gasteiger charge is 2.50. The Bertz CT molecular complexity index is 1870. The molecule has 2 aromatic carbocycles. The topological polar surface area (TPSA) is 97.0 Å². The third kappa shape index (κ3) is 5.93.